The van der Waals surface area contributed by atoms with Gasteiger partial charge in [0.1, 0.15) is 17.1 Å². The Hall–Kier alpha value is -3.22. The number of carbonyl (C=O) groups excluding carboxylic acids is 4. The number of benzene rings is 1. The van der Waals surface area contributed by atoms with Gasteiger partial charge in [-0.1, -0.05) is 6.07 Å². The van der Waals surface area contributed by atoms with E-state index >= 15 is 0 Å². The predicted octanol–water partition coefficient (Wildman–Crippen LogP) is 2.57. The summed E-state index contributed by atoms with van der Waals surface area (Å²) < 4.78 is 5.28. The Labute approximate surface area is 155 Å². The molecule has 2 amide bonds. The van der Waals surface area contributed by atoms with E-state index in [4.69, 9.17) is 4.42 Å². The van der Waals surface area contributed by atoms with Crippen molar-refractivity contribution in [1.82, 2.24) is 4.90 Å². The van der Waals surface area contributed by atoms with Gasteiger partial charge in [-0.2, -0.15) is 0 Å². The summed E-state index contributed by atoms with van der Waals surface area (Å²) in [4.78, 5) is 51.2. The van der Waals surface area contributed by atoms with Crippen LogP contribution in [0.3, 0.4) is 0 Å². The van der Waals surface area contributed by atoms with E-state index in [1.54, 1.807) is 43.5 Å². The summed E-state index contributed by atoms with van der Waals surface area (Å²) in [6.45, 7) is 1.93. The van der Waals surface area contributed by atoms with E-state index in [1.807, 2.05) is 0 Å². The quantitative estimate of drug-likeness (QED) is 0.660. The molecule has 1 aromatic carbocycles. The number of nitrogens with one attached hydrogen (secondary N) is 1. The summed E-state index contributed by atoms with van der Waals surface area (Å²) in [6.07, 6.45) is 1.65. The van der Waals surface area contributed by atoms with E-state index in [1.165, 1.54) is 0 Å². The number of fused-ring (bicyclic) bond motifs is 1. The van der Waals surface area contributed by atoms with E-state index in [0.717, 1.165) is 4.90 Å². The monoisotopic (exact) mass is 366 g/mol. The van der Waals surface area contributed by atoms with Gasteiger partial charge in [-0.05, 0) is 37.6 Å². The number of imide groups is 1. The average Bonchev–Trinajstić information content (AvgIpc) is 3.25. The van der Waals surface area contributed by atoms with Crippen molar-refractivity contribution in [2.75, 3.05) is 5.32 Å². The number of amides is 2. The SMILES string of the molecule is CC1(N2C(=O)c3cccc(NCc4ccco4)c3C2=O)CCC(=O)CC1=O. The van der Waals surface area contributed by atoms with E-state index in [-0.39, 0.29) is 36.2 Å². The van der Waals surface area contributed by atoms with Crippen molar-refractivity contribution < 1.29 is 23.6 Å². The molecule has 4 rings (SSSR count). The fourth-order valence-electron chi connectivity index (χ4n) is 3.69. The minimum Gasteiger partial charge on any atom is -0.467 e. The molecule has 1 fully saturated rings. The van der Waals surface area contributed by atoms with Crippen LogP contribution in [0.2, 0.25) is 0 Å². The summed E-state index contributed by atoms with van der Waals surface area (Å²) in [5, 5.41) is 3.12. The molecular weight excluding hydrogens is 348 g/mol. The van der Waals surface area contributed by atoms with E-state index in [9.17, 15) is 19.2 Å². The summed E-state index contributed by atoms with van der Waals surface area (Å²) in [6, 6.07) is 8.54. The smallest absolute Gasteiger partial charge is 0.264 e. The minimum atomic E-state index is -1.29. The highest BCUT2D eigenvalue weighted by molar-refractivity contribution is 6.26. The van der Waals surface area contributed by atoms with Crippen LogP contribution in [-0.4, -0.2) is 33.8 Å². The van der Waals surface area contributed by atoms with Crippen LogP contribution in [0.4, 0.5) is 5.69 Å². The Morgan fingerprint density at radius 2 is 1.93 bits per heavy atom. The van der Waals surface area contributed by atoms with Crippen LogP contribution in [0.1, 0.15) is 52.7 Å². The average molecular weight is 366 g/mol. The third kappa shape index (κ3) is 2.66. The van der Waals surface area contributed by atoms with Gasteiger partial charge in [0.25, 0.3) is 11.8 Å². The van der Waals surface area contributed by atoms with Gasteiger partial charge in [-0.25, -0.2) is 0 Å². The van der Waals surface area contributed by atoms with Gasteiger partial charge in [-0.3, -0.25) is 24.1 Å². The maximum absolute atomic E-state index is 13.1. The van der Waals surface area contributed by atoms with Crippen molar-refractivity contribution in [3.63, 3.8) is 0 Å². The second kappa shape index (κ2) is 6.19. The van der Waals surface area contributed by atoms with Crippen LogP contribution in [-0.2, 0) is 16.1 Å². The molecule has 27 heavy (non-hydrogen) atoms. The number of anilines is 1. The Kier molecular flexibility index (Phi) is 3.95. The Balaban J connectivity index is 1.67. The number of Topliss-reactive ketones (excluding diaryl/α,β-unsaturated/α-hetero) is 2. The number of hydrogen-bond acceptors (Lipinski definition) is 6. The lowest BCUT2D eigenvalue weighted by Crippen LogP contribution is -2.57. The van der Waals surface area contributed by atoms with E-state index in [2.05, 4.69) is 5.32 Å². The molecule has 1 saturated carbocycles. The zero-order chi connectivity index (χ0) is 19.2. The minimum absolute atomic E-state index is 0.158. The molecule has 1 aromatic heterocycles. The number of carbonyl (C=O) groups is 4. The van der Waals surface area contributed by atoms with Crippen molar-refractivity contribution in [2.24, 2.45) is 0 Å². The van der Waals surface area contributed by atoms with Gasteiger partial charge in [0.15, 0.2) is 5.78 Å². The van der Waals surface area contributed by atoms with Gasteiger partial charge < -0.3 is 9.73 Å². The molecule has 1 aliphatic heterocycles. The highest BCUT2D eigenvalue weighted by Crippen LogP contribution is 2.38. The maximum atomic E-state index is 13.1. The molecule has 0 saturated heterocycles. The van der Waals surface area contributed by atoms with Crippen molar-refractivity contribution in [1.29, 1.82) is 0 Å². The van der Waals surface area contributed by atoms with E-state index < -0.39 is 23.1 Å². The molecule has 138 valence electrons. The zero-order valence-corrected chi connectivity index (χ0v) is 14.8. The summed E-state index contributed by atoms with van der Waals surface area (Å²) in [5.41, 5.74) is -0.276. The van der Waals surface area contributed by atoms with Crippen molar-refractivity contribution in [2.45, 2.75) is 38.3 Å². The number of hydrogen-bond donors (Lipinski definition) is 1. The topological polar surface area (TPSA) is 96.7 Å². The van der Waals surface area contributed by atoms with Crippen LogP contribution >= 0.6 is 0 Å². The third-order valence-corrected chi connectivity index (χ3v) is 5.29. The molecule has 2 heterocycles. The van der Waals surface area contributed by atoms with Gasteiger partial charge in [0.05, 0.1) is 30.4 Å². The first-order valence-corrected chi connectivity index (χ1v) is 8.75. The predicted molar refractivity (Wildman–Crippen MR) is 95.2 cm³/mol. The van der Waals surface area contributed by atoms with Crippen molar-refractivity contribution in [3.8, 4) is 0 Å². The molecule has 1 unspecified atom stereocenters. The van der Waals surface area contributed by atoms with Crippen LogP contribution < -0.4 is 5.32 Å². The van der Waals surface area contributed by atoms with Crippen LogP contribution in [0, 0.1) is 0 Å². The Bertz CT molecular complexity index is 963. The van der Waals surface area contributed by atoms with Crippen LogP contribution in [0.5, 0.6) is 0 Å². The maximum Gasteiger partial charge on any atom is 0.264 e. The van der Waals surface area contributed by atoms with Crippen molar-refractivity contribution >= 4 is 29.1 Å². The molecule has 0 spiro atoms. The zero-order valence-electron chi connectivity index (χ0n) is 14.8. The first-order valence-electron chi connectivity index (χ1n) is 8.75. The molecule has 2 aromatic rings. The molecule has 0 radical (unpaired) electrons. The Morgan fingerprint density at radius 3 is 2.63 bits per heavy atom. The number of ketones is 2. The fraction of sp³-hybridized carbons (Fsp3) is 0.300. The van der Waals surface area contributed by atoms with Gasteiger partial charge in [0.2, 0.25) is 0 Å². The molecule has 1 aliphatic carbocycles. The summed E-state index contributed by atoms with van der Waals surface area (Å²) >= 11 is 0. The molecular formula is C20H18N2O5. The number of rotatable bonds is 4. The van der Waals surface area contributed by atoms with Gasteiger partial charge >= 0.3 is 0 Å². The molecule has 7 nitrogen and oxygen atoms in total. The van der Waals surface area contributed by atoms with E-state index in [0.29, 0.717) is 18.0 Å². The summed E-state index contributed by atoms with van der Waals surface area (Å²) in [5.74, 6) is -0.869. The lowest BCUT2D eigenvalue weighted by molar-refractivity contribution is -0.137. The molecule has 1 atom stereocenters. The lowest BCUT2D eigenvalue weighted by Gasteiger charge is -2.38. The highest BCUT2D eigenvalue weighted by atomic mass is 16.3. The molecule has 2 aliphatic rings. The first-order chi connectivity index (χ1) is 12.9. The largest absolute Gasteiger partial charge is 0.467 e. The Morgan fingerprint density at radius 1 is 1.11 bits per heavy atom. The molecule has 0 bridgehead atoms. The number of furan rings is 1. The summed E-state index contributed by atoms with van der Waals surface area (Å²) in [7, 11) is 0. The fourth-order valence-corrected chi connectivity index (χ4v) is 3.69. The standard InChI is InChI=1S/C20H18N2O5/c1-20(8-7-12(23)10-16(20)24)22-18(25)14-5-2-6-15(17(14)19(22)26)21-11-13-4-3-9-27-13/h2-6,9,21H,7-8,10-11H2,1H3. The van der Waals surface area contributed by atoms with Crippen LogP contribution in [0.25, 0.3) is 0 Å². The van der Waals surface area contributed by atoms with Gasteiger partial charge in [0, 0.05) is 12.1 Å². The number of nitrogens with zero attached hydrogens (tertiary/aromatic N) is 1. The van der Waals surface area contributed by atoms with Crippen molar-refractivity contribution in [3.05, 3.63) is 53.5 Å². The normalized spacial score (nSPS) is 22.3. The third-order valence-electron chi connectivity index (χ3n) is 5.29. The molecule has 7 heteroatoms. The van der Waals surface area contributed by atoms with Gasteiger partial charge in [-0.15, -0.1) is 0 Å². The lowest BCUT2D eigenvalue weighted by atomic mass is 9.80. The first kappa shape index (κ1) is 17.2. The molecule has 1 N–H and O–H groups in total. The highest BCUT2D eigenvalue weighted by Gasteiger charge is 2.52. The van der Waals surface area contributed by atoms with Crippen LogP contribution in [0.15, 0.2) is 41.0 Å². The second-order valence-corrected chi connectivity index (χ2v) is 7.02. The second-order valence-electron chi connectivity index (χ2n) is 7.02.